The number of aromatic nitrogens is 1. The van der Waals surface area contributed by atoms with Gasteiger partial charge in [-0.25, -0.2) is 9.37 Å². The van der Waals surface area contributed by atoms with Gasteiger partial charge in [0.1, 0.15) is 10.4 Å². The zero-order valence-corrected chi connectivity index (χ0v) is 19.0. The van der Waals surface area contributed by atoms with Crippen LogP contribution < -0.4 is 0 Å². The Morgan fingerprint density at radius 2 is 1.94 bits per heavy atom. The molecule has 172 valence electrons. The first kappa shape index (κ1) is 24.2. The van der Waals surface area contributed by atoms with Gasteiger partial charge in [0.25, 0.3) is 5.91 Å². The van der Waals surface area contributed by atoms with Crippen molar-refractivity contribution in [3.8, 4) is 0 Å². The van der Waals surface area contributed by atoms with Gasteiger partial charge >= 0.3 is 12.1 Å². The third kappa shape index (κ3) is 4.79. The molecular weight excluding hydrogens is 496 g/mol. The number of nitrogens with zero attached hydrogens (tertiary/aromatic N) is 2. The molecule has 0 saturated carbocycles. The Bertz CT molecular complexity index is 1030. The molecule has 0 bridgehead atoms. The van der Waals surface area contributed by atoms with E-state index in [1.807, 2.05) is 0 Å². The van der Waals surface area contributed by atoms with Crippen molar-refractivity contribution in [3.63, 3.8) is 0 Å². The minimum Gasteiger partial charge on any atom is -0.469 e. The van der Waals surface area contributed by atoms with E-state index in [2.05, 4.69) is 20.9 Å². The van der Waals surface area contributed by atoms with Crippen LogP contribution in [0.5, 0.6) is 0 Å². The maximum atomic E-state index is 14.3. The van der Waals surface area contributed by atoms with Crippen molar-refractivity contribution in [2.75, 3.05) is 13.7 Å². The van der Waals surface area contributed by atoms with Gasteiger partial charge in [-0.15, -0.1) is 0 Å². The summed E-state index contributed by atoms with van der Waals surface area (Å²) < 4.78 is 59.9. The zero-order valence-electron chi connectivity index (χ0n) is 17.4. The van der Waals surface area contributed by atoms with Gasteiger partial charge in [-0.3, -0.25) is 9.59 Å². The van der Waals surface area contributed by atoms with Crippen molar-refractivity contribution in [1.29, 1.82) is 0 Å². The van der Waals surface area contributed by atoms with E-state index in [-0.39, 0.29) is 31.5 Å². The predicted molar refractivity (Wildman–Crippen MR) is 111 cm³/mol. The van der Waals surface area contributed by atoms with Gasteiger partial charge in [-0.2, -0.15) is 13.2 Å². The summed E-state index contributed by atoms with van der Waals surface area (Å²) in [6, 6.07) is 6.67. The Kier molecular flexibility index (Phi) is 6.92. The quantitative estimate of drug-likeness (QED) is 0.325. The summed E-state index contributed by atoms with van der Waals surface area (Å²) in [4.78, 5) is 31.2. The number of alkyl halides is 3. The van der Waals surface area contributed by atoms with Crippen LogP contribution in [0.4, 0.5) is 17.6 Å². The smallest absolute Gasteiger partial charge is 0.417 e. The molecule has 1 aromatic carbocycles. The van der Waals surface area contributed by atoms with E-state index in [4.69, 9.17) is 4.74 Å². The molecule has 1 aliphatic rings. The first-order valence-electron chi connectivity index (χ1n) is 9.85. The van der Waals surface area contributed by atoms with Gasteiger partial charge in [-0.1, -0.05) is 12.1 Å². The van der Waals surface area contributed by atoms with Gasteiger partial charge in [-0.05, 0) is 60.0 Å². The van der Waals surface area contributed by atoms with Crippen LogP contribution in [-0.4, -0.2) is 41.5 Å². The molecular formula is C22H21BrF4N2O3. The lowest BCUT2D eigenvalue weighted by Crippen LogP contribution is -2.52. The molecule has 10 heteroatoms. The Balaban J connectivity index is 1.90. The van der Waals surface area contributed by atoms with Gasteiger partial charge in [0.2, 0.25) is 0 Å². The number of benzene rings is 1. The maximum Gasteiger partial charge on any atom is 0.417 e. The fraction of sp³-hybridized carbons (Fsp3) is 0.409. The maximum absolute atomic E-state index is 14.3. The van der Waals surface area contributed by atoms with E-state index < -0.39 is 46.5 Å². The fourth-order valence-corrected chi connectivity index (χ4v) is 4.59. The molecule has 2 heterocycles. The van der Waals surface area contributed by atoms with E-state index >= 15 is 0 Å². The van der Waals surface area contributed by atoms with Crippen LogP contribution in [0.2, 0.25) is 0 Å². The van der Waals surface area contributed by atoms with Crippen LogP contribution in [0.1, 0.15) is 41.4 Å². The normalized spacial score (nSPS) is 21.3. The lowest BCUT2D eigenvalue weighted by molar-refractivity contribution is -0.156. The van der Waals surface area contributed by atoms with Crippen molar-refractivity contribution in [1.82, 2.24) is 9.88 Å². The van der Waals surface area contributed by atoms with E-state index in [9.17, 15) is 27.2 Å². The van der Waals surface area contributed by atoms with Crippen LogP contribution in [0.15, 0.2) is 41.0 Å². The third-order valence-electron chi connectivity index (χ3n) is 5.78. The number of likely N-dealkylation sites (tertiary alicyclic amines) is 1. The van der Waals surface area contributed by atoms with E-state index in [1.165, 1.54) is 36.3 Å². The van der Waals surface area contributed by atoms with Crippen molar-refractivity contribution in [2.45, 2.75) is 38.4 Å². The molecule has 1 aromatic heterocycles. The highest BCUT2D eigenvalue weighted by molar-refractivity contribution is 9.10. The number of carbonyl (C=O) groups excluding carboxylic acids is 2. The van der Waals surface area contributed by atoms with Crippen LogP contribution >= 0.6 is 15.9 Å². The molecule has 32 heavy (non-hydrogen) atoms. The lowest BCUT2D eigenvalue weighted by atomic mass is 9.72. The monoisotopic (exact) mass is 516 g/mol. The zero-order chi connectivity index (χ0) is 23.7. The number of amides is 1. The number of carbonyl (C=O) groups is 2. The molecule has 1 fully saturated rings. The van der Waals surface area contributed by atoms with Gasteiger partial charge in [0.05, 0.1) is 29.3 Å². The van der Waals surface area contributed by atoms with Crippen molar-refractivity contribution < 1.29 is 31.9 Å². The number of hydrogen-bond donors (Lipinski definition) is 0. The SMILES string of the molecule is COC(=O)C1(Cc2nc(Br)ccc2F)CCN(C(=O)c2ccccc2C(F)(F)F)[C@H](C)C1. The molecule has 1 saturated heterocycles. The van der Waals surface area contributed by atoms with Crippen molar-refractivity contribution in [3.05, 3.63) is 63.6 Å². The van der Waals surface area contributed by atoms with Crippen molar-refractivity contribution >= 4 is 27.8 Å². The van der Waals surface area contributed by atoms with Crippen LogP contribution in [0.25, 0.3) is 0 Å². The van der Waals surface area contributed by atoms with Crippen LogP contribution in [0, 0.1) is 11.2 Å². The first-order valence-corrected chi connectivity index (χ1v) is 10.6. The summed E-state index contributed by atoms with van der Waals surface area (Å²) in [5, 5.41) is 0. The van der Waals surface area contributed by atoms with Gasteiger partial charge < -0.3 is 9.64 Å². The van der Waals surface area contributed by atoms with Crippen LogP contribution in [0.3, 0.4) is 0 Å². The molecule has 0 spiro atoms. The molecule has 0 radical (unpaired) electrons. The van der Waals surface area contributed by atoms with Crippen LogP contribution in [-0.2, 0) is 22.1 Å². The Morgan fingerprint density at radius 1 is 1.25 bits per heavy atom. The number of methoxy groups -OCH3 is 1. The lowest BCUT2D eigenvalue weighted by Gasteiger charge is -2.44. The average molecular weight is 517 g/mol. The Labute approximate surface area is 190 Å². The summed E-state index contributed by atoms with van der Waals surface area (Å²) in [5.74, 6) is -1.93. The fourth-order valence-electron chi connectivity index (χ4n) is 4.24. The van der Waals surface area contributed by atoms with E-state index in [0.29, 0.717) is 4.60 Å². The highest BCUT2D eigenvalue weighted by atomic mass is 79.9. The Morgan fingerprint density at radius 3 is 2.56 bits per heavy atom. The number of hydrogen-bond acceptors (Lipinski definition) is 4. The van der Waals surface area contributed by atoms with Gasteiger partial charge in [0, 0.05) is 19.0 Å². The number of rotatable bonds is 4. The summed E-state index contributed by atoms with van der Waals surface area (Å²) in [5.41, 5.74) is -2.55. The molecule has 2 atom stereocenters. The van der Waals surface area contributed by atoms with Crippen molar-refractivity contribution in [2.24, 2.45) is 5.41 Å². The number of pyridine rings is 1. The summed E-state index contributed by atoms with van der Waals surface area (Å²) in [6.07, 6.45) is -4.55. The average Bonchev–Trinajstić information content (AvgIpc) is 2.74. The first-order chi connectivity index (χ1) is 15.0. The number of esters is 1. The predicted octanol–water partition coefficient (Wildman–Crippen LogP) is 5.03. The molecule has 2 aromatic rings. The topological polar surface area (TPSA) is 59.5 Å². The summed E-state index contributed by atoms with van der Waals surface area (Å²) in [7, 11) is 1.22. The molecule has 1 amide bonds. The molecule has 0 aliphatic carbocycles. The number of halogens is 5. The van der Waals surface area contributed by atoms with E-state index in [0.717, 1.165) is 12.1 Å². The standard InChI is InChI=1S/C22H21BrF4N2O3/c1-13-11-21(20(31)32-2,12-17-16(24)7-8-18(23)28-17)9-10-29(13)19(30)14-5-3-4-6-15(14)22(25,26)27/h3-8,13H,9-12H2,1-2H3/t13-,21?/m1/s1. The summed E-state index contributed by atoms with van der Waals surface area (Å²) in [6.45, 7) is 1.66. The molecule has 0 N–H and O–H groups in total. The second kappa shape index (κ2) is 9.17. The third-order valence-corrected chi connectivity index (χ3v) is 6.22. The highest BCUT2D eigenvalue weighted by Gasteiger charge is 2.47. The molecule has 3 rings (SSSR count). The Hall–Kier alpha value is -2.49. The minimum atomic E-state index is -4.68. The largest absolute Gasteiger partial charge is 0.469 e. The number of piperidine rings is 1. The summed E-state index contributed by atoms with van der Waals surface area (Å²) >= 11 is 3.18. The second-order valence-corrected chi connectivity index (χ2v) is 8.67. The highest BCUT2D eigenvalue weighted by Crippen LogP contribution is 2.41. The second-order valence-electron chi connectivity index (χ2n) is 7.86. The molecule has 1 aliphatic heterocycles. The minimum absolute atomic E-state index is 0.0108. The van der Waals surface area contributed by atoms with Gasteiger partial charge in [0.15, 0.2) is 0 Å². The molecule has 5 nitrogen and oxygen atoms in total. The van der Waals surface area contributed by atoms with E-state index in [1.54, 1.807) is 6.92 Å². The molecule has 1 unspecified atom stereocenters. The number of ether oxygens (including phenoxy) is 1.